The number of aromatic nitrogens is 2. The van der Waals surface area contributed by atoms with E-state index in [0.717, 1.165) is 0 Å². The lowest BCUT2D eigenvalue weighted by Crippen LogP contribution is -2.55. The molecule has 338 valence electrons. The van der Waals surface area contributed by atoms with E-state index in [2.05, 4.69) is 21.1 Å². The van der Waals surface area contributed by atoms with Gasteiger partial charge in [0.05, 0.1) is 55.2 Å². The number of carbonyl (C=O) groups excluding carboxylic acids is 5. The van der Waals surface area contributed by atoms with Gasteiger partial charge in [-0.15, -0.1) is 5.48 Å². The van der Waals surface area contributed by atoms with Crippen LogP contribution < -0.4 is 20.9 Å². The normalized spacial score (nSPS) is 22.4. The number of ether oxygens (including phenoxy) is 4. The lowest BCUT2D eigenvalue weighted by atomic mass is 9.72. The summed E-state index contributed by atoms with van der Waals surface area (Å²) >= 11 is 0. The van der Waals surface area contributed by atoms with Gasteiger partial charge < -0.3 is 64.7 Å². The van der Waals surface area contributed by atoms with E-state index in [-0.39, 0.29) is 47.6 Å². The molecule has 23 nitrogen and oxygen atoms in total. The van der Waals surface area contributed by atoms with Crippen LogP contribution in [0.5, 0.6) is 17.2 Å². The van der Waals surface area contributed by atoms with Gasteiger partial charge in [0, 0.05) is 48.2 Å². The maximum atomic E-state index is 14.0. The molecule has 2 aliphatic carbocycles. The first kappa shape index (κ1) is 45.0. The molecule has 23 heteroatoms. The first-order valence-electron chi connectivity index (χ1n) is 19.6. The number of nitrogens with one attached hydrogen (secondary N) is 3. The van der Waals surface area contributed by atoms with Gasteiger partial charge in [0.25, 0.3) is 0 Å². The molecule has 64 heavy (non-hydrogen) atoms. The standard InChI is InChI=1S/C41H42N6O17/c1-18-33(50)24(45-64-39(55)43-14-19-7-9-20(10-8-19)44-40(56)61-17-21-15-42-38(46(21)2)47(58)59)11-28(62-18)63-26-13-41(57,27(49)16-48)12-23-30(26)37(54)32-31(35(23)52)34(51)22-5-4-6-25(60-3)29(22)36(32)53/h4-10,15,18,24,26,28,33,45,48,50,52,54,57H,11-14,16-17H2,1-3H3,(H,43,55)(H,44,56)/t18?,24?,26-,28?,33?,41-/m0/s1. The van der Waals surface area contributed by atoms with Gasteiger partial charge in [0.15, 0.2) is 30.2 Å². The first-order valence-corrected chi connectivity index (χ1v) is 19.6. The van der Waals surface area contributed by atoms with Gasteiger partial charge in [-0.25, -0.2) is 14.2 Å². The minimum Gasteiger partial charge on any atom is -0.507 e. The minimum absolute atomic E-state index is 0.0355. The van der Waals surface area contributed by atoms with Gasteiger partial charge in [0.1, 0.15) is 35.7 Å². The largest absolute Gasteiger partial charge is 0.507 e. The van der Waals surface area contributed by atoms with Gasteiger partial charge in [-0.3, -0.25) is 19.7 Å². The summed E-state index contributed by atoms with van der Waals surface area (Å²) in [4.78, 5) is 84.8. The number of hydroxylamine groups is 1. The molecule has 3 aromatic carbocycles. The second-order valence-electron chi connectivity index (χ2n) is 15.2. The van der Waals surface area contributed by atoms with Crippen LogP contribution in [0.1, 0.15) is 80.1 Å². The van der Waals surface area contributed by atoms with Gasteiger partial charge in [-0.2, -0.15) is 0 Å². The number of aliphatic hydroxyl groups excluding tert-OH is 2. The number of imidazole rings is 1. The van der Waals surface area contributed by atoms with Crippen LogP contribution in [0.3, 0.4) is 0 Å². The highest BCUT2D eigenvalue weighted by atomic mass is 16.7. The fraction of sp³-hybridized carbons (Fsp3) is 0.366. The molecule has 4 aromatic rings. The molecule has 8 N–H and O–H groups in total. The number of hydrogen-bond acceptors (Lipinski definition) is 19. The number of Topliss-reactive ketones (excluding diaryl/α,β-unsaturated/α-hetero) is 1. The van der Waals surface area contributed by atoms with E-state index in [1.807, 2.05) is 0 Å². The molecule has 2 heterocycles. The number of fused-ring (bicyclic) bond motifs is 3. The Kier molecular flexibility index (Phi) is 12.7. The highest BCUT2D eigenvalue weighted by molar-refractivity contribution is 6.31. The van der Waals surface area contributed by atoms with E-state index in [1.54, 1.807) is 12.1 Å². The molecule has 0 saturated carbocycles. The van der Waals surface area contributed by atoms with E-state index in [4.69, 9.17) is 23.8 Å². The predicted octanol–water partition coefficient (Wildman–Crippen LogP) is 1.86. The smallest absolute Gasteiger partial charge is 0.434 e. The highest BCUT2D eigenvalue weighted by Gasteiger charge is 2.50. The summed E-state index contributed by atoms with van der Waals surface area (Å²) in [6.07, 6.45) is -7.20. The topological polar surface area (TPSA) is 330 Å². The molecule has 3 aliphatic rings. The average Bonchev–Trinajstić information content (AvgIpc) is 3.65. The lowest BCUT2D eigenvalue weighted by molar-refractivity contribution is -0.396. The van der Waals surface area contributed by atoms with Crippen LogP contribution in [-0.2, 0) is 50.5 Å². The molecular weight excluding hydrogens is 848 g/mol. The quantitative estimate of drug-likeness (QED) is 0.0475. The predicted molar refractivity (Wildman–Crippen MR) is 214 cm³/mol. The molecule has 1 aliphatic heterocycles. The number of nitrogens with zero attached hydrogens (tertiary/aromatic N) is 3. The van der Waals surface area contributed by atoms with E-state index in [1.165, 1.54) is 62.2 Å². The summed E-state index contributed by atoms with van der Waals surface area (Å²) in [5.74, 6) is -4.67. The van der Waals surface area contributed by atoms with Crippen LogP contribution in [0.15, 0.2) is 48.7 Å². The molecule has 4 unspecified atom stereocenters. The Bertz CT molecular complexity index is 2540. The Balaban J connectivity index is 0.998. The van der Waals surface area contributed by atoms with Crippen molar-refractivity contribution in [2.45, 2.75) is 75.6 Å². The molecule has 6 atom stereocenters. The Morgan fingerprint density at radius 3 is 2.44 bits per heavy atom. The molecule has 0 spiro atoms. The number of carbonyl (C=O) groups is 5. The second kappa shape index (κ2) is 18.0. The van der Waals surface area contributed by atoms with Crippen molar-refractivity contribution in [2.24, 2.45) is 7.05 Å². The number of aliphatic hydroxyl groups is 3. The maximum absolute atomic E-state index is 14.0. The van der Waals surface area contributed by atoms with Crippen LogP contribution in [0.2, 0.25) is 0 Å². The number of aromatic hydroxyl groups is 2. The number of benzene rings is 3. The monoisotopic (exact) mass is 890 g/mol. The third kappa shape index (κ3) is 8.54. The molecule has 1 aromatic heterocycles. The fourth-order valence-electron chi connectivity index (χ4n) is 7.91. The number of rotatable bonds is 13. The van der Waals surface area contributed by atoms with E-state index in [0.29, 0.717) is 16.9 Å². The number of phenolic OH excluding ortho intramolecular Hbond substituents is 2. The zero-order chi connectivity index (χ0) is 46.2. The Labute approximate surface area is 361 Å². The highest BCUT2D eigenvalue weighted by Crippen LogP contribution is 2.52. The van der Waals surface area contributed by atoms with Crippen molar-refractivity contribution >= 4 is 41.2 Å². The molecule has 0 bridgehead atoms. The first-order chi connectivity index (χ1) is 30.5. The number of phenols is 2. The van der Waals surface area contributed by atoms with Gasteiger partial charge >= 0.3 is 18.1 Å². The summed E-state index contributed by atoms with van der Waals surface area (Å²) in [7, 11) is 2.70. The lowest BCUT2D eigenvalue weighted by Gasteiger charge is -2.42. The summed E-state index contributed by atoms with van der Waals surface area (Å²) < 4.78 is 23.7. The zero-order valence-electron chi connectivity index (χ0n) is 34.2. The number of hydrogen-bond donors (Lipinski definition) is 8. The Morgan fingerprint density at radius 1 is 1.05 bits per heavy atom. The van der Waals surface area contributed by atoms with Crippen molar-refractivity contribution < 1.29 is 78.2 Å². The Hall–Kier alpha value is -7.02. The summed E-state index contributed by atoms with van der Waals surface area (Å²) in [5.41, 5.74) is -0.575. The number of anilines is 1. The third-order valence-corrected chi connectivity index (χ3v) is 11.3. The maximum Gasteiger partial charge on any atom is 0.434 e. The third-order valence-electron chi connectivity index (χ3n) is 11.3. The minimum atomic E-state index is -2.38. The summed E-state index contributed by atoms with van der Waals surface area (Å²) in [5, 5.41) is 71.6. The van der Waals surface area contributed by atoms with Crippen LogP contribution >= 0.6 is 0 Å². The SMILES string of the molecule is COc1cccc2c1C(=O)c1c(O)c3c(c(O)c1C2=O)C[C@@](O)(C(=O)CO)C[C@@H]3OC1CC(NOC(=O)NCc2ccc(NC(=O)OCc3cnc([N+](=O)[O-])n3C)cc2)C(O)C(C)O1. The van der Waals surface area contributed by atoms with Crippen LogP contribution in [0.25, 0.3) is 0 Å². The second-order valence-corrected chi connectivity index (χ2v) is 15.2. The van der Waals surface area contributed by atoms with Crippen LogP contribution in [0.4, 0.5) is 21.2 Å². The van der Waals surface area contributed by atoms with Crippen LogP contribution in [0, 0.1) is 10.1 Å². The van der Waals surface area contributed by atoms with Gasteiger partial charge in [0.2, 0.25) is 5.78 Å². The zero-order valence-corrected chi connectivity index (χ0v) is 34.2. The van der Waals surface area contributed by atoms with Crippen molar-refractivity contribution in [1.29, 1.82) is 0 Å². The molecule has 1 fully saturated rings. The van der Waals surface area contributed by atoms with Crippen molar-refractivity contribution in [2.75, 3.05) is 19.0 Å². The van der Waals surface area contributed by atoms with Gasteiger partial charge in [-0.05, 0) is 35.6 Å². The van der Waals surface area contributed by atoms with E-state index < -0.39 is 119 Å². The van der Waals surface area contributed by atoms with E-state index >= 15 is 0 Å². The molecule has 7 rings (SSSR count). The van der Waals surface area contributed by atoms with E-state index in [9.17, 15) is 59.6 Å². The number of methoxy groups -OCH3 is 1. The fourth-order valence-corrected chi connectivity index (χ4v) is 7.91. The molecule has 1 saturated heterocycles. The van der Waals surface area contributed by atoms with Crippen molar-refractivity contribution in [1.82, 2.24) is 20.3 Å². The number of amides is 2. The summed E-state index contributed by atoms with van der Waals surface area (Å²) in [6.45, 7) is 0.0627. The van der Waals surface area contributed by atoms with Gasteiger partial charge in [-0.1, -0.05) is 29.2 Å². The summed E-state index contributed by atoms with van der Waals surface area (Å²) in [6, 6.07) is 9.46. The Morgan fingerprint density at radius 2 is 1.77 bits per heavy atom. The number of ketones is 3. The molecule has 0 radical (unpaired) electrons. The number of nitro groups is 1. The molecular formula is C41H42N6O17. The van der Waals surface area contributed by atoms with Crippen molar-refractivity contribution in [3.05, 3.63) is 103 Å². The average molecular weight is 891 g/mol. The van der Waals surface area contributed by atoms with Crippen LogP contribution in [-0.4, -0.2) is 113 Å². The van der Waals surface area contributed by atoms with Crippen molar-refractivity contribution in [3.63, 3.8) is 0 Å². The molecule has 2 amide bonds. The van der Waals surface area contributed by atoms with Crippen molar-refractivity contribution in [3.8, 4) is 17.2 Å².